The van der Waals surface area contributed by atoms with Crippen molar-refractivity contribution in [2.75, 3.05) is 6.61 Å². The van der Waals surface area contributed by atoms with Gasteiger partial charge in [0, 0.05) is 11.8 Å². The number of hydrogen-bond acceptors (Lipinski definition) is 5. The summed E-state index contributed by atoms with van der Waals surface area (Å²) >= 11 is 0. The third-order valence-corrected chi connectivity index (χ3v) is 3.46. The molecule has 0 saturated carbocycles. The van der Waals surface area contributed by atoms with E-state index >= 15 is 0 Å². The summed E-state index contributed by atoms with van der Waals surface area (Å²) in [4.78, 5) is 42.3. The molecule has 10 heteroatoms. The van der Waals surface area contributed by atoms with Gasteiger partial charge in [-0.15, -0.1) is 0 Å². The Balaban J connectivity index is 2.06. The lowest BCUT2D eigenvalue weighted by Crippen LogP contribution is -2.33. The number of ether oxygens (including phenoxy) is 1. The van der Waals surface area contributed by atoms with Crippen LogP contribution in [0.2, 0.25) is 0 Å². The molecule has 0 radical (unpaired) electrons. The van der Waals surface area contributed by atoms with Gasteiger partial charge < -0.3 is 14.5 Å². The van der Waals surface area contributed by atoms with Gasteiger partial charge in [-0.3, -0.25) is 18.9 Å². The highest BCUT2D eigenvalue weighted by Gasteiger charge is 2.29. The lowest BCUT2D eigenvalue weighted by Gasteiger charge is -2.16. The summed E-state index contributed by atoms with van der Waals surface area (Å²) in [6, 6.07) is 0. The Morgan fingerprint density at radius 1 is 1.50 bits per heavy atom. The van der Waals surface area contributed by atoms with Gasteiger partial charge in [-0.25, -0.2) is 9.36 Å². The van der Waals surface area contributed by atoms with Crippen molar-refractivity contribution in [2.24, 2.45) is 0 Å². The molecule has 3 N–H and O–H groups in total. The molecule has 9 nitrogen and oxygen atoms in total. The maximum atomic E-state index is 11.7. The molecule has 1 aliphatic heterocycles. The molecule has 2 heterocycles. The Kier molecular flexibility index (Phi) is 4.26. The molecule has 1 saturated heterocycles. The monoisotopic (exact) mass is 306 g/mol. The first-order valence-electron chi connectivity index (χ1n) is 5.94. The number of aryl methyl sites for hydroxylation is 1. The second-order valence-corrected chi connectivity index (χ2v) is 5.79. The van der Waals surface area contributed by atoms with Crippen molar-refractivity contribution in [2.45, 2.75) is 32.1 Å². The van der Waals surface area contributed by atoms with Crippen LogP contribution in [0.4, 0.5) is 0 Å². The third kappa shape index (κ3) is 3.65. The highest BCUT2D eigenvalue weighted by molar-refractivity contribution is 7.46. The first-order chi connectivity index (χ1) is 9.26. The molecule has 0 amide bonds. The minimum absolute atomic E-state index is 0.252. The van der Waals surface area contributed by atoms with E-state index in [0.717, 1.165) is 0 Å². The predicted molar refractivity (Wildman–Crippen MR) is 67.2 cm³/mol. The molecule has 1 fully saturated rings. The molecule has 1 aromatic heterocycles. The van der Waals surface area contributed by atoms with E-state index in [9.17, 15) is 14.2 Å². The molecule has 2 atom stereocenters. The van der Waals surface area contributed by atoms with E-state index in [0.29, 0.717) is 18.4 Å². The smallest absolute Gasteiger partial charge is 0.352 e. The summed E-state index contributed by atoms with van der Waals surface area (Å²) in [5.74, 6) is 0. The first-order valence-corrected chi connectivity index (χ1v) is 7.47. The number of aromatic nitrogens is 2. The Morgan fingerprint density at radius 3 is 2.85 bits per heavy atom. The van der Waals surface area contributed by atoms with E-state index in [1.54, 1.807) is 6.92 Å². The predicted octanol–water partition coefficient (Wildman–Crippen LogP) is -0.368. The Morgan fingerprint density at radius 2 is 2.20 bits per heavy atom. The van der Waals surface area contributed by atoms with Crippen molar-refractivity contribution >= 4 is 7.82 Å². The number of H-pyrrole nitrogens is 1. The van der Waals surface area contributed by atoms with Crippen molar-refractivity contribution in [3.05, 3.63) is 32.6 Å². The molecule has 1 aliphatic rings. The van der Waals surface area contributed by atoms with E-state index < -0.39 is 31.4 Å². The fourth-order valence-corrected chi connectivity index (χ4v) is 2.35. The molecule has 0 unspecified atom stereocenters. The average molecular weight is 306 g/mol. The van der Waals surface area contributed by atoms with Gasteiger partial charge in [-0.2, -0.15) is 0 Å². The van der Waals surface area contributed by atoms with Crippen LogP contribution >= 0.6 is 7.82 Å². The van der Waals surface area contributed by atoms with Gasteiger partial charge in [0.05, 0.1) is 12.7 Å². The number of phosphoric ester groups is 1. The van der Waals surface area contributed by atoms with Crippen molar-refractivity contribution < 1.29 is 23.6 Å². The number of rotatable bonds is 4. The number of phosphoric acid groups is 1. The largest absolute Gasteiger partial charge is 0.469 e. The Labute approximate surface area is 113 Å². The molecule has 0 spiro atoms. The van der Waals surface area contributed by atoms with Crippen LogP contribution in [0.1, 0.15) is 24.6 Å². The Hall–Kier alpha value is -1.25. The van der Waals surface area contributed by atoms with Gasteiger partial charge in [0.1, 0.15) is 6.23 Å². The van der Waals surface area contributed by atoms with Crippen LogP contribution in [0.15, 0.2) is 15.8 Å². The third-order valence-electron chi connectivity index (χ3n) is 2.97. The van der Waals surface area contributed by atoms with Gasteiger partial charge in [0.15, 0.2) is 0 Å². The Bertz CT molecular complexity index is 646. The molecule has 0 bridgehead atoms. The molecule has 2 rings (SSSR count). The zero-order valence-electron chi connectivity index (χ0n) is 10.7. The summed E-state index contributed by atoms with van der Waals surface area (Å²) in [5.41, 5.74) is -0.657. The van der Waals surface area contributed by atoms with Crippen LogP contribution in [0, 0.1) is 6.92 Å². The number of nitrogens with zero attached hydrogens (tertiary/aromatic N) is 1. The maximum absolute atomic E-state index is 11.7. The number of nitrogens with one attached hydrogen (secondary N) is 1. The van der Waals surface area contributed by atoms with Gasteiger partial charge in [-0.1, -0.05) is 0 Å². The van der Waals surface area contributed by atoms with E-state index in [2.05, 4.69) is 9.51 Å². The van der Waals surface area contributed by atoms with Crippen LogP contribution in [-0.4, -0.2) is 32.0 Å². The van der Waals surface area contributed by atoms with E-state index in [-0.39, 0.29) is 6.61 Å². The van der Waals surface area contributed by atoms with Gasteiger partial charge >= 0.3 is 13.5 Å². The molecule has 0 aromatic carbocycles. The summed E-state index contributed by atoms with van der Waals surface area (Å²) in [6.45, 7) is 1.32. The maximum Gasteiger partial charge on any atom is 0.469 e. The van der Waals surface area contributed by atoms with Crippen molar-refractivity contribution in [3.8, 4) is 0 Å². The van der Waals surface area contributed by atoms with E-state index in [1.165, 1.54) is 10.8 Å². The van der Waals surface area contributed by atoms with Crippen LogP contribution in [0.3, 0.4) is 0 Å². The van der Waals surface area contributed by atoms with Crippen LogP contribution < -0.4 is 11.2 Å². The minimum atomic E-state index is -4.53. The summed E-state index contributed by atoms with van der Waals surface area (Å²) < 4.78 is 21.7. The topological polar surface area (TPSA) is 131 Å². The SMILES string of the molecule is Cc1cn([C@@H]2CC[C@H](COP(=O)(O)O)O2)c(=O)[nH]c1=O. The second kappa shape index (κ2) is 5.63. The number of aromatic amines is 1. The molecule has 20 heavy (non-hydrogen) atoms. The zero-order chi connectivity index (χ0) is 14.9. The van der Waals surface area contributed by atoms with Gasteiger partial charge in [0.2, 0.25) is 0 Å². The zero-order valence-corrected chi connectivity index (χ0v) is 11.6. The van der Waals surface area contributed by atoms with E-state index in [4.69, 9.17) is 14.5 Å². The molecule has 0 aliphatic carbocycles. The summed E-state index contributed by atoms with van der Waals surface area (Å²) in [7, 11) is -4.53. The normalized spacial score (nSPS) is 23.1. The van der Waals surface area contributed by atoms with E-state index in [1.807, 2.05) is 0 Å². The summed E-state index contributed by atoms with van der Waals surface area (Å²) in [5, 5.41) is 0. The highest BCUT2D eigenvalue weighted by Crippen LogP contribution is 2.37. The fraction of sp³-hybridized carbons (Fsp3) is 0.600. The highest BCUT2D eigenvalue weighted by atomic mass is 31.2. The standard InChI is InChI=1S/C10H15N2O7P/c1-6-4-12(10(14)11-9(6)13)8-3-2-7(19-8)5-18-20(15,16)17/h4,7-8H,2-3,5H2,1H3,(H,11,13,14)(H2,15,16,17)/t7-,8+/m1/s1. The summed E-state index contributed by atoms with van der Waals surface area (Å²) in [6.07, 6.45) is 1.30. The fourth-order valence-electron chi connectivity index (χ4n) is 1.99. The van der Waals surface area contributed by atoms with Crippen LogP contribution in [0.25, 0.3) is 0 Å². The quantitative estimate of drug-likeness (QED) is 0.647. The molecule has 112 valence electrons. The lowest BCUT2D eigenvalue weighted by molar-refractivity contribution is -0.0244. The lowest BCUT2D eigenvalue weighted by atomic mass is 10.2. The van der Waals surface area contributed by atoms with Crippen molar-refractivity contribution in [1.82, 2.24) is 9.55 Å². The van der Waals surface area contributed by atoms with Crippen LogP contribution in [0.5, 0.6) is 0 Å². The van der Waals surface area contributed by atoms with Gasteiger partial charge in [0.25, 0.3) is 5.56 Å². The van der Waals surface area contributed by atoms with Crippen molar-refractivity contribution in [1.29, 1.82) is 0 Å². The molecular formula is C10H15N2O7P. The number of hydrogen-bond donors (Lipinski definition) is 3. The molecule has 1 aromatic rings. The van der Waals surface area contributed by atoms with Crippen LogP contribution in [-0.2, 0) is 13.8 Å². The first kappa shape index (κ1) is 15.1. The minimum Gasteiger partial charge on any atom is -0.352 e. The average Bonchev–Trinajstić information content (AvgIpc) is 2.79. The molecular weight excluding hydrogens is 291 g/mol. The van der Waals surface area contributed by atoms with Crippen molar-refractivity contribution in [3.63, 3.8) is 0 Å². The second-order valence-electron chi connectivity index (χ2n) is 4.56. The van der Waals surface area contributed by atoms with Gasteiger partial charge in [-0.05, 0) is 19.8 Å².